The molecule has 0 radical (unpaired) electrons. The molecule has 268 valence electrons. The Kier molecular flexibility index (Phi) is 7.82. The van der Waals surface area contributed by atoms with Crippen LogP contribution in [0.1, 0.15) is 0 Å². The summed E-state index contributed by atoms with van der Waals surface area (Å²) in [5, 5.41) is 4.68. The number of benzene rings is 9. The van der Waals surface area contributed by atoms with Gasteiger partial charge < -0.3 is 13.9 Å². The molecule has 2 aromatic heterocycles. The van der Waals surface area contributed by atoms with Gasteiger partial charge in [0.25, 0.3) is 0 Å². The summed E-state index contributed by atoms with van der Waals surface area (Å²) in [6.07, 6.45) is 0. The van der Waals surface area contributed by atoms with Crippen LogP contribution in [-0.2, 0) is 0 Å². The Bertz CT molecular complexity index is 3220. The zero-order chi connectivity index (χ0) is 37.7. The molecule has 3 heteroatoms. The predicted octanol–water partition coefficient (Wildman–Crippen LogP) is 15.2. The smallest absolute Gasteiger partial charge is 0.135 e. The van der Waals surface area contributed by atoms with Gasteiger partial charge in [0.05, 0.1) is 16.7 Å². The number of nitrogens with zero attached hydrogens (tertiary/aromatic N) is 2. The van der Waals surface area contributed by atoms with Crippen molar-refractivity contribution in [2.45, 2.75) is 0 Å². The van der Waals surface area contributed by atoms with Gasteiger partial charge in [-0.05, 0) is 101 Å². The first-order valence-corrected chi connectivity index (χ1v) is 19.4. The van der Waals surface area contributed by atoms with Crippen LogP contribution >= 0.6 is 0 Å². The van der Waals surface area contributed by atoms with Gasteiger partial charge in [0, 0.05) is 44.2 Å². The fourth-order valence-corrected chi connectivity index (χ4v) is 8.58. The molecule has 3 nitrogen and oxygen atoms in total. The van der Waals surface area contributed by atoms with Gasteiger partial charge in [-0.3, -0.25) is 0 Å². The highest BCUT2D eigenvalue weighted by Gasteiger charge is 2.22. The number of anilines is 3. The Hall–Kier alpha value is -7.62. The second kappa shape index (κ2) is 13.6. The maximum absolute atomic E-state index is 6.30. The van der Waals surface area contributed by atoms with Crippen molar-refractivity contribution in [3.63, 3.8) is 0 Å². The molecule has 0 atom stereocenters. The molecular formula is C54H36N2O. The summed E-state index contributed by atoms with van der Waals surface area (Å²) in [6, 6.07) is 78.2. The second-order valence-electron chi connectivity index (χ2n) is 14.5. The van der Waals surface area contributed by atoms with Gasteiger partial charge >= 0.3 is 0 Å². The van der Waals surface area contributed by atoms with E-state index in [9.17, 15) is 0 Å². The predicted molar refractivity (Wildman–Crippen MR) is 239 cm³/mol. The number of furan rings is 1. The normalized spacial score (nSPS) is 11.5. The Labute approximate surface area is 330 Å². The summed E-state index contributed by atoms with van der Waals surface area (Å²) in [5.74, 6) is 0. The molecule has 0 spiro atoms. The first-order chi connectivity index (χ1) is 28.3. The zero-order valence-corrected chi connectivity index (χ0v) is 31.1. The largest absolute Gasteiger partial charge is 0.456 e. The molecule has 0 amide bonds. The van der Waals surface area contributed by atoms with E-state index in [2.05, 4.69) is 216 Å². The van der Waals surface area contributed by atoms with Gasteiger partial charge in [-0.2, -0.15) is 0 Å². The number of hydrogen-bond donors (Lipinski definition) is 0. The third kappa shape index (κ3) is 5.60. The summed E-state index contributed by atoms with van der Waals surface area (Å²) in [4.78, 5) is 2.39. The van der Waals surface area contributed by atoms with Crippen LogP contribution in [0.2, 0.25) is 0 Å². The van der Waals surface area contributed by atoms with Crippen LogP contribution in [0.15, 0.2) is 223 Å². The first kappa shape index (κ1) is 32.8. The third-order valence-electron chi connectivity index (χ3n) is 11.2. The number of fused-ring (bicyclic) bond motifs is 6. The van der Waals surface area contributed by atoms with Crippen molar-refractivity contribution < 1.29 is 4.42 Å². The van der Waals surface area contributed by atoms with Crippen molar-refractivity contribution in [2.75, 3.05) is 4.90 Å². The Morgan fingerprint density at radius 3 is 1.74 bits per heavy atom. The average molecular weight is 729 g/mol. The van der Waals surface area contributed by atoms with Gasteiger partial charge in [0.15, 0.2) is 0 Å². The Balaban J connectivity index is 1.14. The number of hydrogen-bond acceptors (Lipinski definition) is 2. The van der Waals surface area contributed by atoms with E-state index in [1.54, 1.807) is 0 Å². The number of rotatable bonds is 7. The van der Waals surface area contributed by atoms with Crippen molar-refractivity contribution in [1.29, 1.82) is 0 Å². The fourth-order valence-electron chi connectivity index (χ4n) is 8.58. The highest BCUT2D eigenvalue weighted by atomic mass is 16.3. The monoisotopic (exact) mass is 728 g/mol. The lowest BCUT2D eigenvalue weighted by Gasteiger charge is -2.28. The lowest BCUT2D eigenvalue weighted by Crippen LogP contribution is -2.11. The molecule has 57 heavy (non-hydrogen) atoms. The van der Waals surface area contributed by atoms with Gasteiger partial charge in [0.2, 0.25) is 0 Å². The molecular weight excluding hydrogens is 693 g/mol. The van der Waals surface area contributed by atoms with Crippen LogP contribution in [0, 0.1) is 0 Å². The fraction of sp³-hybridized carbons (Fsp3) is 0. The number of para-hydroxylation sites is 3. The van der Waals surface area contributed by atoms with Crippen molar-refractivity contribution in [2.24, 2.45) is 0 Å². The van der Waals surface area contributed by atoms with Crippen LogP contribution in [0.25, 0.3) is 82.8 Å². The second-order valence-corrected chi connectivity index (χ2v) is 14.5. The van der Waals surface area contributed by atoms with E-state index in [-0.39, 0.29) is 0 Å². The topological polar surface area (TPSA) is 21.3 Å². The van der Waals surface area contributed by atoms with Crippen molar-refractivity contribution in [1.82, 2.24) is 4.57 Å². The SMILES string of the molecule is c1ccc(-c2ccc(N(c3ccc4oc5ccccc5c4c3)c3ccc(-c4cccc5c4c4ccccc4n5-c4ccccc4)cc3-c3ccccc3)cc2)cc1. The van der Waals surface area contributed by atoms with E-state index >= 15 is 0 Å². The van der Waals surface area contributed by atoms with Crippen molar-refractivity contribution in [3.05, 3.63) is 218 Å². The van der Waals surface area contributed by atoms with E-state index in [0.29, 0.717) is 0 Å². The third-order valence-corrected chi connectivity index (χ3v) is 11.2. The van der Waals surface area contributed by atoms with E-state index in [1.165, 1.54) is 38.5 Å². The quantitative estimate of drug-likeness (QED) is 0.163. The minimum atomic E-state index is 0.876. The van der Waals surface area contributed by atoms with E-state index in [1.807, 2.05) is 12.1 Å². The highest BCUT2D eigenvalue weighted by Crippen LogP contribution is 2.46. The molecule has 0 fully saturated rings. The molecule has 11 rings (SSSR count). The molecule has 0 aliphatic rings. The van der Waals surface area contributed by atoms with Gasteiger partial charge in [-0.1, -0.05) is 146 Å². The molecule has 0 saturated heterocycles. The minimum absolute atomic E-state index is 0.876. The molecule has 0 N–H and O–H groups in total. The van der Waals surface area contributed by atoms with Crippen LogP contribution in [0.5, 0.6) is 0 Å². The van der Waals surface area contributed by atoms with Crippen molar-refractivity contribution >= 4 is 60.8 Å². The van der Waals surface area contributed by atoms with E-state index in [0.717, 1.165) is 61.4 Å². The number of aromatic nitrogens is 1. The molecule has 0 unspecified atom stereocenters. The first-order valence-electron chi connectivity index (χ1n) is 19.4. The standard InChI is InChI=1S/C54H36N2O/c1-4-15-37(16-5-1)38-27-30-42(31-28-38)55(43-32-34-53-48(36-43)45-21-11-13-26-52(45)57-53)50-33-29-40(35-47(50)39-17-6-2-7-18-39)44-23-14-25-51-54(44)46-22-10-12-24-49(46)56(51)41-19-8-3-9-20-41/h1-36H. The summed E-state index contributed by atoms with van der Waals surface area (Å²) in [5.41, 5.74) is 15.5. The van der Waals surface area contributed by atoms with E-state index < -0.39 is 0 Å². The molecule has 0 bridgehead atoms. The molecule has 0 aliphatic carbocycles. The van der Waals surface area contributed by atoms with Gasteiger partial charge in [-0.15, -0.1) is 0 Å². The summed E-state index contributed by atoms with van der Waals surface area (Å²) in [6.45, 7) is 0. The van der Waals surface area contributed by atoms with Crippen molar-refractivity contribution in [3.8, 4) is 39.1 Å². The Morgan fingerprint density at radius 2 is 0.947 bits per heavy atom. The lowest BCUT2D eigenvalue weighted by atomic mass is 9.94. The molecule has 2 heterocycles. The average Bonchev–Trinajstić information content (AvgIpc) is 3.83. The minimum Gasteiger partial charge on any atom is -0.456 e. The lowest BCUT2D eigenvalue weighted by molar-refractivity contribution is 0.669. The summed E-state index contributed by atoms with van der Waals surface area (Å²) < 4.78 is 8.68. The van der Waals surface area contributed by atoms with Crippen LogP contribution < -0.4 is 4.90 Å². The Morgan fingerprint density at radius 1 is 0.351 bits per heavy atom. The highest BCUT2D eigenvalue weighted by molar-refractivity contribution is 6.16. The molecule has 0 saturated carbocycles. The summed E-state index contributed by atoms with van der Waals surface area (Å²) >= 11 is 0. The maximum Gasteiger partial charge on any atom is 0.135 e. The molecule has 9 aromatic carbocycles. The summed E-state index contributed by atoms with van der Waals surface area (Å²) in [7, 11) is 0. The van der Waals surface area contributed by atoms with Gasteiger partial charge in [-0.25, -0.2) is 0 Å². The molecule has 0 aliphatic heterocycles. The maximum atomic E-state index is 6.30. The van der Waals surface area contributed by atoms with Crippen LogP contribution in [-0.4, -0.2) is 4.57 Å². The molecule has 11 aromatic rings. The van der Waals surface area contributed by atoms with Crippen LogP contribution in [0.4, 0.5) is 17.1 Å². The zero-order valence-electron chi connectivity index (χ0n) is 31.1. The van der Waals surface area contributed by atoms with E-state index in [4.69, 9.17) is 4.42 Å². The van der Waals surface area contributed by atoms with Crippen LogP contribution in [0.3, 0.4) is 0 Å². The van der Waals surface area contributed by atoms with Gasteiger partial charge in [0.1, 0.15) is 11.2 Å².